The van der Waals surface area contributed by atoms with E-state index in [0.717, 1.165) is 32.4 Å². The predicted molar refractivity (Wildman–Crippen MR) is 72.5 cm³/mol. The molecule has 0 aromatic rings. The van der Waals surface area contributed by atoms with Crippen molar-refractivity contribution in [3.8, 4) is 0 Å². The van der Waals surface area contributed by atoms with Crippen LogP contribution in [0.15, 0.2) is 0 Å². The van der Waals surface area contributed by atoms with Crippen molar-refractivity contribution in [2.24, 2.45) is 0 Å². The van der Waals surface area contributed by atoms with Crippen LogP contribution in [-0.2, 0) is 19.0 Å². The van der Waals surface area contributed by atoms with Crippen molar-refractivity contribution in [2.45, 2.75) is 31.0 Å². The largest absolute Gasteiger partial charge is 0.378 e. The summed E-state index contributed by atoms with van der Waals surface area (Å²) in [7, 11) is 0. The highest BCUT2D eigenvalue weighted by atomic mass is 16.6. The molecule has 0 aromatic carbocycles. The molecule has 1 atom stereocenters. The van der Waals surface area contributed by atoms with Crippen LogP contribution in [0, 0.1) is 0 Å². The van der Waals surface area contributed by atoms with Gasteiger partial charge in [0.25, 0.3) is 0 Å². The fraction of sp³-hybridized carbons (Fsp3) is 0.929. The number of amides is 1. The third-order valence-electron chi connectivity index (χ3n) is 4.50. The Morgan fingerprint density at radius 3 is 2.80 bits per heavy atom. The van der Waals surface area contributed by atoms with E-state index >= 15 is 0 Å². The van der Waals surface area contributed by atoms with Gasteiger partial charge in [-0.15, -0.1) is 0 Å². The maximum atomic E-state index is 12.0. The quantitative estimate of drug-likeness (QED) is 0.776. The van der Waals surface area contributed by atoms with Crippen LogP contribution >= 0.6 is 0 Å². The fourth-order valence-corrected chi connectivity index (χ4v) is 3.23. The molecule has 114 valence electrons. The Kier molecular flexibility index (Phi) is 4.55. The summed E-state index contributed by atoms with van der Waals surface area (Å²) in [5, 5.41) is 3.35. The average molecular weight is 284 g/mol. The Bertz CT molecular complexity index is 338. The average Bonchev–Trinajstić information content (AvgIpc) is 2.89. The highest BCUT2D eigenvalue weighted by molar-refractivity contribution is 5.77. The van der Waals surface area contributed by atoms with Gasteiger partial charge < -0.3 is 24.4 Å². The summed E-state index contributed by atoms with van der Waals surface area (Å²) in [5.41, 5.74) is -0.00206. The van der Waals surface area contributed by atoms with E-state index in [4.69, 9.17) is 14.2 Å². The topological polar surface area (TPSA) is 60.0 Å². The summed E-state index contributed by atoms with van der Waals surface area (Å²) in [5.74, 6) is 0.0690. The van der Waals surface area contributed by atoms with E-state index in [1.165, 1.54) is 0 Å². The second kappa shape index (κ2) is 6.39. The minimum absolute atomic E-state index is 0.00206. The number of piperidine rings is 1. The SMILES string of the molecule is O=C(COC1COC2(CCNCC2)C1)N1CCOCC1. The van der Waals surface area contributed by atoms with Crippen LogP contribution in [0.25, 0.3) is 0 Å². The number of hydrogen-bond donors (Lipinski definition) is 1. The molecule has 0 bridgehead atoms. The van der Waals surface area contributed by atoms with Crippen LogP contribution in [0.3, 0.4) is 0 Å². The number of carbonyl (C=O) groups excluding carboxylic acids is 1. The van der Waals surface area contributed by atoms with E-state index in [1.807, 2.05) is 4.90 Å². The van der Waals surface area contributed by atoms with Gasteiger partial charge in [0.1, 0.15) is 6.61 Å². The molecule has 6 nitrogen and oxygen atoms in total. The van der Waals surface area contributed by atoms with E-state index in [1.54, 1.807) is 0 Å². The van der Waals surface area contributed by atoms with Crippen molar-refractivity contribution in [1.82, 2.24) is 10.2 Å². The summed E-state index contributed by atoms with van der Waals surface area (Å²) < 4.78 is 17.0. The molecule has 6 heteroatoms. The van der Waals surface area contributed by atoms with Gasteiger partial charge >= 0.3 is 0 Å². The third kappa shape index (κ3) is 3.31. The Labute approximate surface area is 119 Å². The van der Waals surface area contributed by atoms with Gasteiger partial charge in [0.15, 0.2) is 0 Å². The zero-order chi connectivity index (χ0) is 13.8. The van der Waals surface area contributed by atoms with E-state index in [-0.39, 0.29) is 24.2 Å². The minimum atomic E-state index is -0.00206. The Balaban J connectivity index is 1.41. The molecule has 1 N–H and O–H groups in total. The summed E-state index contributed by atoms with van der Waals surface area (Å²) in [4.78, 5) is 13.8. The highest BCUT2D eigenvalue weighted by Crippen LogP contribution is 2.35. The summed E-state index contributed by atoms with van der Waals surface area (Å²) in [6, 6.07) is 0. The molecule has 3 rings (SSSR count). The molecule has 3 saturated heterocycles. The van der Waals surface area contributed by atoms with Crippen LogP contribution in [0.5, 0.6) is 0 Å². The minimum Gasteiger partial charge on any atom is -0.378 e. The van der Waals surface area contributed by atoms with Gasteiger partial charge in [0.2, 0.25) is 5.91 Å². The van der Waals surface area contributed by atoms with E-state index in [9.17, 15) is 4.79 Å². The van der Waals surface area contributed by atoms with E-state index < -0.39 is 0 Å². The van der Waals surface area contributed by atoms with Gasteiger partial charge in [-0.05, 0) is 25.9 Å². The first-order valence-corrected chi connectivity index (χ1v) is 7.59. The fourth-order valence-electron chi connectivity index (χ4n) is 3.23. The molecule has 0 aliphatic carbocycles. The Morgan fingerprint density at radius 2 is 2.05 bits per heavy atom. The van der Waals surface area contributed by atoms with E-state index in [0.29, 0.717) is 32.9 Å². The lowest BCUT2D eigenvalue weighted by atomic mass is 9.89. The molecule has 20 heavy (non-hydrogen) atoms. The summed E-state index contributed by atoms with van der Waals surface area (Å²) >= 11 is 0. The molecule has 0 saturated carbocycles. The Hall–Kier alpha value is -0.690. The molecule has 1 amide bonds. The summed E-state index contributed by atoms with van der Waals surface area (Å²) in [6.07, 6.45) is 3.08. The monoisotopic (exact) mass is 284 g/mol. The van der Waals surface area contributed by atoms with Crippen molar-refractivity contribution in [3.63, 3.8) is 0 Å². The predicted octanol–water partition coefficient (Wildman–Crippen LogP) is -0.227. The van der Waals surface area contributed by atoms with Crippen molar-refractivity contribution in [1.29, 1.82) is 0 Å². The molecular formula is C14H24N2O4. The normalized spacial score (nSPS) is 29.8. The van der Waals surface area contributed by atoms with Gasteiger partial charge in [-0.3, -0.25) is 4.79 Å². The number of carbonyl (C=O) groups is 1. The van der Waals surface area contributed by atoms with Crippen LogP contribution in [0.2, 0.25) is 0 Å². The van der Waals surface area contributed by atoms with Crippen molar-refractivity contribution in [3.05, 3.63) is 0 Å². The van der Waals surface area contributed by atoms with Gasteiger partial charge in [-0.2, -0.15) is 0 Å². The first-order valence-electron chi connectivity index (χ1n) is 7.59. The smallest absolute Gasteiger partial charge is 0.248 e. The summed E-state index contributed by atoms with van der Waals surface area (Å²) in [6.45, 7) is 5.44. The lowest BCUT2D eigenvalue weighted by molar-refractivity contribution is -0.142. The molecule has 1 unspecified atom stereocenters. The van der Waals surface area contributed by atoms with Gasteiger partial charge in [0, 0.05) is 19.5 Å². The van der Waals surface area contributed by atoms with Crippen LogP contribution in [0.4, 0.5) is 0 Å². The van der Waals surface area contributed by atoms with E-state index in [2.05, 4.69) is 5.32 Å². The van der Waals surface area contributed by atoms with Crippen molar-refractivity contribution >= 4 is 5.91 Å². The number of rotatable bonds is 3. The standard InChI is InChI=1S/C14H24N2O4/c17-13(16-5-7-18-8-6-16)11-19-12-9-14(20-10-12)1-3-15-4-2-14/h12,15H,1-11H2. The number of nitrogens with one attached hydrogen (secondary N) is 1. The number of nitrogens with zero attached hydrogens (tertiary/aromatic N) is 1. The van der Waals surface area contributed by atoms with Crippen molar-refractivity contribution in [2.75, 3.05) is 52.6 Å². The molecule has 3 aliphatic rings. The molecule has 0 radical (unpaired) electrons. The number of ether oxygens (including phenoxy) is 3. The maximum absolute atomic E-state index is 12.0. The van der Waals surface area contributed by atoms with Crippen LogP contribution in [0.1, 0.15) is 19.3 Å². The molecule has 3 aliphatic heterocycles. The zero-order valence-corrected chi connectivity index (χ0v) is 11.9. The first-order chi connectivity index (χ1) is 9.77. The number of morpholine rings is 1. The number of hydrogen-bond acceptors (Lipinski definition) is 5. The Morgan fingerprint density at radius 1 is 1.30 bits per heavy atom. The lowest BCUT2D eigenvalue weighted by Gasteiger charge is -2.32. The first kappa shape index (κ1) is 14.3. The molecule has 1 spiro atoms. The highest BCUT2D eigenvalue weighted by Gasteiger charge is 2.41. The molecule has 3 fully saturated rings. The van der Waals surface area contributed by atoms with Crippen LogP contribution < -0.4 is 5.32 Å². The molecule has 3 heterocycles. The lowest BCUT2D eigenvalue weighted by Crippen LogP contribution is -2.43. The van der Waals surface area contributed by atoms with Gasteiger partial charge in [0.05, 0.1) is 31.5 Å². The second-order valence-electron chi connectivity index (χ2n) is 5.87. The van der Waals surface area contributed by atoms with Gasteiger partial charge in [-0.25, -0.2) is 0 Å². The molecule has 0 aromatic heterocycles. The van der Waals surface area contributed by atoms with Crippen LogP contribution in [-0.4, -0.2) is 75.1 Å². The second-order valence-corrected chi connectivity index (χ2v) is 5.87. The maximum Gasteiger partial charge on any atom is 0.248 e. The van der Waals surface area contributed by atoms with Crippen molar-refractivity contribution < 1.29 is 19.0 Å². The molecular weight excluding hydrogens is 260 g/mol. The zero-order valence-electron chi connectivity index (χ0n) is 11.9. The van der Waals surface area contributed by atoms with Gasteiger partial charge in [-0.1, -0.05) is 0 Å². The third-order valence-corrected chi connectivity index (χ3v) is 4.50.